The lowest BCUT2D eigenvalue weighted by atomic mass is 10.1. The molecule has 166 valence electrons. The maximum atomic E-state index is 13.1. The summed E-state index contributed by atoms with van der Waals surface area (Å²) in [5.74, 6) is 0. The van der Waals surface area contributed by atoms with Crippen LogP contribution in [0.15, 0.2) is 71.8 Å². The average Bonchev–Trinajstić information content (AvgIpc) is 3.11. The second-order valence-corrected chi connectivity index (χ2v) is 7.95. The summed E-state index contributed by atoms with van der Waals surface area (Å²) >= 11 is 0. The zero-order valence-corrected chi connectivity index (χ0v) is 18.1. The fourth-order valence-corrected chi connectivity index (χ4v) is 4.30. The second-order valence-electron chi connectivity index (χ2n) is 7.95. The van der Waals surface area contributed by atoms with Gasteiger partial charge >= 0.3 is 6.18 Å². The number of halogens is 3. The van der Waals surface area contributed by atoms with E-state index in [1.54, 1.807) is 19.2 Å². The maximum Gasteiger partial charge on any atom is 0.416 e. The zero-order valence-electron chi connectivity index (χ0n) is 18.1. The van der Waals surface area contributed by atoms with Gasteiger partial charge in [0.1, 0.15) is 0 Å². The molecule has 0 atom stereocenters. The number of anilines is 1. The summed E-state index contributed by atoms with van der Waals surface area (Å²) in [7, 11) is 0. The molecule has 5 rings (SSSR count). The van der Waals surface area contributed by atoms with E-state index in [0.29, 0.717) is 16.8 Å². The van der Waals surface area contributed by atoms with Gasteiger partial charge in [-0.2, -0.15) is 18.3 Å². The number of nitrogens with zero attached hydrogens (tertiary/aromatic N) is 3. The molecule has 0 saturated heterocycles. The Bertz CT molecular complexity index is 1530. The van der Waals surface area contributed by atoms with Crippen molar-refractivity contribution in [1.82, 2.24) is 9.55 Å². The predicted molar refractivity (Wildman–Crippen MR) is 128 cm³/mol. The number of aromatic nitrogens is 2. The average molecular weight is 446 g/mol. The molecule has 0 aliphatic heterocycles. The van der Waals surface area contributed by atoms with E-state index in [0.717, 1.165) is 29.6 Å². The molecule has 0 radical (unpaired) electrons. The first-order valence-electron chi connectivity index (χ1n) is 10.6. The number of hydrogen-bond acceptors (Lipinski definition) is 3. The lowest BCUT2D eigenvalue weighted by Crippen LogP contribution is -2.05. The van der Waals surface area contributed by atoms with Crippen molar-refractivity contribution < 1.29 is 13.2 Å². The van der Waals surface area contributed by atoms with E-state index in [2.05, 4.69) is 51.3 Å². The Morgan fingerprint density at radius 1 is 0.939 bits per heavy atom. The number of para-hydroxylation sites is 1. The fourth-order valence-electron chi connectivity index (χ4n) is 4.30. The number of benzene rings is 3. The highest BCUT2D eigenvalue weighted by molar-refractivity contribution is 6.09. The Hall–Kier alpha value is -3.87. The minimum Gasteiger partial charge on any atom is -0.341 e. The molecule has 0 unspecified atom stereocenters. The Labute approximate surface area is 188 Å². The van der Waals surface area contributed by atoms with Gasteiger partial charge in [0.25, 0.3) is 0 Å². The van der Waals surface area contributed by atoms with Crippen LogP contribution in [0.4, 0.5) is 18.9 Å². The van der Waals surface area contributed by atoms with E-state index in [-0.39, 0.29) is 5.52 Å². The largest absolute Gasteiger partial charge is 0.416 e. The van der Waals surface area contributed by atoms with Gasteiger partial charge in [-0.3, -0.25) is 10.4 Å². The number of hydrazone groups is 1. The molecule has 7 heteroatoms. The first-order valence-corrected chi connectivity index (χ1v) is 10.6. The number of alkyl halides is 3. The van der Waals surface area contributed by atoms with E-state index in [9.17, 15) is 13.2 Å². The molecule has 5 aromatic rings. The number of fused-ring (bicyclic) bond motifs is 4. The van der Waals surface area contributed by atoms with Gasteiger partial charge in [0.15, 0.2) is 0 Å². The molecule has 0 fully saturated rings. The summed E-state index contributed by atoms with van der Waals surface area (Å²) in [6.45, 7) is 4.75. The second kappa shape index (κ2) is 7.92. The van der Waals surface area contributed by atoms with Gasteiger partial charge in [-0.15, -0.1) is 0 Å². The van der Waals surface area contributed by atoms with Crippen LogP contribution in [0.2, 0.25) is 0 Å². The molecular weight excluding hydrogens is 425 g/mol. The van der Waals surface area contributed by atoms with E-state index < -0.39 is 11.7 Å². The van der Waals surface area contributed by atoms with Crippen molar-refractivity contribution in [1.29, 1.82) is 0 Å². The van der Waals surface area contributed by atoms with Crippen LogP contribution in [-0.4, -0.2) is 15.8 Å². The van der Waals surface area contributed by atoms with Gasteiger partial charge in [-0.25, -0.2) is 0 Å². The van der Waals surface area contributed by atoms with Crippen molar-refractivity contribution in [3.63, 3.8) is 0 Å². The van der Waals surface area contributed by atoms with Gasteiger partial charge in [0, 0.05) is 39.4 Å². The minimum atomic E-state index is -4.41. The monoisotopic (exact) mass is 446 g/mol. The summed E-state index contributed by atoms with van der Waals surface area (Å²) < 4.78 is 41.5. The van der Waals surface area contributed by atoms with Crippen molar-refractivity contribution in [3.8, 4) is 0 Å². The molecule has 0 spiro atoms. The van der Waals surface area contributed by atoms with Crippen molar-refractivity contribution in [2.75, 3.05) is 5.43 Å². The van der Waals surface area contributed by atoms with Crippen molar-refractivity contribution in [3.05, 3.63) is 83.6 Å². The van der Waals surface area contributed by atoms with Crippen LogP contribution in [0.25, 0.3) is 32.7 Å². The molecule has 33 heavy (non-hydrogen) atoms. The van der Waals surface area contributed by atoms with E-state index in [4.69, 9.17) is 0 Å². The van der Waals surface area contributed by atoms with Crippen LogP contribution in [0.5, 0.6) is 0 Å². The summed E-state index contributed by atoms with van der Waals surface area (Å²) in [5, 5.41) is 7.28. The minimum absolute atomic E-state index is 0.274. The van der Waals surface area contributed by atoms with Gasteiger partial charge in [0.05, 0.1) is 23.0 Å². The first-order chi connectivity index (χ1) is 15.8. The summed E-state index contributed by atoms with van der Waals surface area (Å²) in [5.41, 5.74) is 7.02. The molecular formula is C26H21F3N4. The highest BCUT2D eigenvalue weighted by Crippen LogP contribution is 2.33. The standard InChI is InChI=1S/C26H21F3N4/c1-3-33-24-7-5-4-6-19(24)21-13-17(8-11-25(21)33)15-30-32-23-12-16(2)31-22-14-18(26(27,28)29)9-10-20(22)23/h4-15H,3H2,1-2H3,(H,31,32)/b30-15+. The van der Waals surface area contributed by atoms with Crippen LogP contribution >= 0.6 is 0 Å². The quantitative estimate of drug-likeness (QED) is 0.236. The van der Waals surface area contributed by atoms with Crippen LogP contribution in [0.3, 0.4) is 0 Å². The third-order valence-electron chi connectivity index (χ3n) is 5.78. The third kappa shape index (κ3) is 3.80. The fraction of sp³-hybridized carbons (Fsp3) is 0.154. The molecule has 0 bridgehead atoms. The van der Waals surface area contributed by atoms with Gasteiger partial charge < -0.3 is 4.57 Å². The molecule has 0 saturated carbocycles. The Morgan fingerprint density at radius 3 is 2.52 bits per heavy atom. The molecule has 0 aliphatic rings. The van der Waals surface area contributed by atoms with Crippen molar-refractivity contribution >= 4 is 44.6 Å². The molecule has 1 N–H and O–H groups in total. The van der Waals surface area contributed by atoms with E-state index in [1.807, 2.05) is 18.2 Å². The predicted octanol–water partition coefficient (Wildman–Crippen LogP) is 7.14. The molecule has 2 aromatic heterocycles. The first kappa shape index (κ1) is 21.0. The van der Waals surface area contributed by atoms with Crippen LogP contribution < -0.4 is 5.43 Å². The summed E-state index contributed by atoms with van der Waals surface area (Å²) in [4.78, 5) is 4.26. The van der Waals surface area contributed by atoms with Crippen LogP contribution in [0.1, 0.15) is 23.7 Å². The molecule has 2 heterocycles. The molecule has 4 nitrogen and oxygen atoms in total. The normalized spacial score (nSPS) is 12.4. The lowest BCUT2D eigenvalue weighted by molar-refractivity contribution is -0.137. The SMILES string of the molecule is CCn1c2ccccc2c2cc(/C=N/Nc3cc(C)nc4cc(C(F)(F)F)ccc34)ccc21. The van der Waals surface area contributed by atoms with E-state index >= 15 is 0 Å². The number of aryl methyl sites for hydroxylation is 2. The Morgan fingerprint density at radius 2 is 1.73 bits per heavy atom. The highest BCUT2D eigenvalue weighted by atomic mass is 19.4. The smallest absolute Gasteiger partial charge is 0.341 e. The number of rotatable bonds is 4. The molecule has 3 aromatic carbocycles. The van der Waals surface area contributed by atoms with Gasteiger partial charge in [0.2, 0.25) is 0 Å². The van der Waals surface area contributed by atoms with Crippen LogP contribution in [-0.2, 0) is 12.7 Å². The maximum absolute atomic E-state index is 13.1. The summed E-state index contributed by atoms with van der Waals surface area (Å²) in [6.07, 6.45) is -2.70. The van der Waals surface area contributed by atoms with Crippen LogP contribution in [0, 0.1) is 6.92 Å². The highest BCUT2D eigenvalue weighted by Gasteiger charge is 2.30. The third-order valence-corrected chi connectivity index (χ3v) is 5.78. The zero-order chi connectivity index (χ0) is 23.2. The van der Waals surface area contributed by atoms with Gasteiger partial charge in [-0.05, 0) is 55.8 Å². The number of pyridine rings is 1. The van der Waals surface area contributed by atoms with Crippen molar-refractivity contribution in [2.24, 2.45) is 5.10 Å². The van der Waals surface area contributed by atoms with Gasteiger partial charge in [-0.1, -0.05) is 30.3 Å². The number of nitrogens with one attached hydrogen (secondary N) is 1. The summed E-state index contributed by atoms with van der Waals surface area (Å²) in [6, 6.07) is 19.8. The van der Waals surface area contributed by atoms with Crippen molar-refractivity contribution in [2.45, 2.75) is 26.6 Å². The van der Waals surface area contributed by atoms with E-state index in [1.165, 1.54) is 22.5 Å². The molecule has 0 aliphatic carbocycles. The Balaban J connectivity index is 1.49. The Kier molecular flexibility index (Phi) is 5.04. The lowest BCUT2D eigenvalue weighted by Gasteiger charge is -2.11. The number of hydrogen-bond donors (Lipinski definition) is 1. The topological polar surface area (TPSA) is 42.2 Å². The molecule has 0 amide bonds.